The summed E-state index contributed by atoms with van der Waals surface area (Å²) in [7, 11) is 4.25. The molecule has 0 unspecified atom stereocenters. The fourth-order valence-electron chi connectivity index (χ4n) is 2.69. The van der Waals surface area contributed by atoms with Gasteiger partial charge in [0.2, 0.25) is 11.6 Å². The van der Waals surface area contributed by atoms with Gasteiger partial charge in [-0.15, -0.1) is 0 Å². The van der Waals surface area contributed by atoms with Crippen LogP contribution in [0.1, 0.15) is 20.3 Å². The van der Waals surface area contributed by atoms with Crippen molar-refractivity contribution in [3.8, 4) is 0 Å². The standard InChI is InChI=1S/C14H22O7/c1-13(18-4)14(2,19-5)21-11-9(15)6-8(12(16)17-3)7-10(11)20-13/h6,9-11,15H,7H2,1-5H3/t9-,10-,11-,13+,14+/m1/s1. The van der Waals surface area contributed by atoms with Crippen molar-refractivity contribution in [3.05, 3.63) is 11.6 Å². The Morgan fingerprint density at radius 3 is 2.33 bits per heavy atom. The Bertz CT molecular complexity index is 449. The van der Waals surface area contributed by atoms with Gasteiger partial charge >= 0.3 is 5.97 Å². The van der Waals surface area contributed by atoms with Crippen LogP contribution in [-0.2, 0) is 28.5 Å². The average molecular weight is 302 g/mol. The Morgan fingerprint density at radius 1 is 1.24 bits per heavy atom. The van der Waals surface area contributed by atoms with E-state index in [1.165, 1.54) is 27.4 Å². The van der Waals surface area contributed by atoms with Gasteiger partial charge in [-0.05, 0) is 19.9 Å². The molecule has 5 atom stereocenters. The molecule has 1 saturated heterocycles. The lowest BCUT2D eigenvalue weighted by atomic mass is 9.89. The first-order valence-electron chi connectivity index (χ1n) is 6.73. The largest absolute Gasteiger partial charge is 0.466 e. The zero-order chi connectivity index (χ0) is 15.8. The number of hydrogen-bond donors (Lipinski definition) is 1. The van der Waals surface area contributed by atoms with Crippen LogP contribution in [0.2, 0.25) is 0 Å². The van der Waals surface area contributed by atoms with Gasteiger partial charge in [-0.1, -0.05) is 0 Å². The van der Waals surface area contributed by atoms with E-state index in [9.17, 15) is 9.90 Å². The molecule has 0 radical (unpaired) electrons. The van der Waals surface area contributed by atoms with Gasteiger partial charge in [0.05, 0.1) is 13.2 Å². The second-order valence-corrected chi connectivity index (χ2v) is 5.42. The Hall–Kier alpha value is -0.990. The number of carbonyl (C=O) groups excluding carboxylic acids is 1. The van der Waals surface area contributed by atoms with Crippen LogP contribution in [0.5, 0.6) is 0 Å². The van der Waals surface area contributed by atoms with E-state index in [-0.39, 0.29) is 6.42 Å². The Labute approximate surface area is 123 Å². The average Bonchev–Trinajstić information content (AvgIpc) is 2.48. The summed E-state index contributed by atoms with van der Waals surface area (Å²) in [6, 6.07) is 0. The van der Waals surface area contributed by atoms with Crippen molar-refractivity contribution in [3.63, 3.8) is 0 Å². The molecule has 2 rings (SSSR count). The molecule has 0 aromatic heterocycles. The van der Waals surface area contributed by atoms with Crippen LogP contribution >= 0.6 is 0 Å². The van der Waals surface area contributed by atoms with E-state index in [0.29, 0.717) is 5.57 Å². The normalized spacial score (nSPS) is 43.0. The topological polar surface area (TPSA) is 83.5 Å². The van der Waals surface area contributed by atoms with Crippen LogP contribution in [0.3, 0.4) is 0 Å². The summed E-state index contributed by atoms with van der Waals surface area (Å²) in [4.78, 5) is 11.6. The molecule has 2 aliphatic rings. The van der Waals surface area contributed by atoms with E-state index in [0.717, 1.165) is 0 Å². The summed E-state index contributed by atoms with van der Waals surface area (Å²) in [6.07, 6.45) is -0.470. The predicted octanol–water partition coefficient (Wildman–Crippen LogP) is 0.360. The number of carbonyl (C=O) groups is 1. The van der Waals surface area contributed by atoms with E-state index in [2.05, 4.69) is 4.74 Å². The number of methoxy groups -OCH3 is 3. The highest BCUT2D eigenvalue weighted by atomic mass is 16.8. The first-order chi connectivity index (χ1) is 9.80. The monoisotopic (exact) mass is 302 g/mol. The Kier molecular flexibility index (Phi) is 4.41. The van der Waals surface area contributed by atoms with Crippen molar-refractivity contribution in [1.82, 2.24) is 0 Å². The molecule has 0 aromatic rings. The highest BCUT2D eigenvalue weighted by molar-refractivity contribution is 5.88. The maximum atomic E-state index is 11.6. The Morgan fingerprint density at radius 2 is 1.81 bits per heavy atom. The van der Waals surface area contributed by atoms with Crippen molar-refractivity contribution in [2.24, 2.45) is 0 Å². The maximum Gasteiger partial charge on any atom is 0.333 e. The van der Waals surface area contributed by atoms with Gasteiger partial charge in [-0.25, -0.2) is 4.79 Å². The number of hydrogen-bond acceptors (Lipinski definition) is 7. The van der Waals surface area contributed by atoms with E-state index in [1.807, 2.05) is 0 Å². The summed E-state index contributed by atoms with van der Waals surface area (Å²) >= 11 is 0. The van der Waals surface area contributed by atoms with Crippen LogP contribution in [0.4, 0.5) is 0 Å². The van der Waals surface area contributed by atoms with Crippen LogP contribution < -0.4 is 0 Å². The highest BCUT2D eigenvalue weighted by Gasteiger charge is 2.58. The van der Waals surface area contributed by atoms with Crippen LogP contribution in [0.15, 0.2) is 11.6 Å². The number of aliphatic hydroxyl groups excluding tert-OH is 1. The zero-order valence-electron chi connectivity index (χ0n) is 12.9. The van der Waals surface area contributed by atoms with E-state index < -0.39 is 35.9 Å². The summed E-state index contributed by atoms with van der Waals surface area (Å²) in [5.41, 5.74) is 0.356. The van der Waals surface area contributed by atoms with Gasteiger partial charge in [-0.2, -0.15) is 0 Å². The van der Waals surface area contributed by atoms with Gasteiger partial charge in [0, 0.05) is 26.2 Å². The summed E-state index contributed by atoms with van der Waals surface area (Å²) in [5, 5.41) is 10.2. The fourth-order valence-corrected chi connectivity index (χ4v) is 2.69. The fraction of sp³-hybridized carbons (Fsp3) is 0.786. The molecule has 0 spiro atoms. The smallest absolute Gasteiger partial charge is 0.333 e. The molecule has 0 aromatic carbocycles. The molecule has 1 aliphatic heterocycles. The molecule has 1 heterocycles. The SMILES string of the molecule is COC(=O)C1=C[C@@H](O)[C@H]2O[C@](C)(OC)[C@@](C)(OC)O[C@@H]2C1. The van der Waals surface area contributed by atoms with Crippen molar-refractivity contribution in [2.45, 2.75) is 50.2 Å². The molecule has 120 valence electrons. The van der Waals surface area contributed by atoms with Gasteiger partial charge in [-0.3, -0.25) is 0 Å². The molecule has 1 fully saturated rings. The number of ether oxygens (including phenoxy) is 5. The number of fused-ring (bicyclic) bond motifs is 1. The number of rotatable bonds is 3. The van der Waals surface area contributed by atoms with Crippen molar-refractivity contribution in [1.29, 1.82) is 0 Å². The van der Waals surface area contributed by atoms with Crippen molar-refractivity contribution >= 4 is 5.97 Å². The van der Waals surface area contributed by atoms with Crippen LogP contribution in [0, 0.1) is 0 Å². The van der Waals surface area contributed by atoms with Gasteiger partial charge in [0.15, 0.2) is 0 Å². The molecule has 1 aliphatic carbocycles. The summed E-state index contributed by atoms with van der Waals surface area (Å²) < 4.78 is 27.3. The second kappa shape index (κ2) is 5.66. The van der Waals surface area contributed by atoms with Crippen LogP contribution in [0.25, 0.3) is 0 Å². The van der Waals surface area contributed by atoms with Gasteiger partial charge in [0.25, 0.3) is 0 Å². The third-order valence-electron chi connectivity index (χ3n) is 4.28. The molecule has 21 heavy (non-hydrogen) atoms. The maximum absolute atomic E-state index is 11.6. The van der Waals surface area contributed by atoms with Crippen molar-refractivity contribution < 1.29 is 33.6 Å². The van der Waals surface area contributed by atoms with Crippen LogP contribution in [-0.4, -0.2) is 62.3 Å². The minimum Gasteiger partial charge on any atom is -0.466 e. The van der Waals surface area contributed by atoms with Gasteiger partial charge in [0.1, 0.15) is 12.2 Å². The molecular formula is C14H22O7. The minimum atomic E-state index is -1.18. The third-order valence-corrected chi connectivity index (χ3v) is 4.28. The quantitative estimate of drug-likeness (QED) is 0.754. The van der Waals surface area contributed by atoms with Crippen molar-refractivity contribution in [2.75, 3.05) is 21.3 Å². The van der Waals surface area contributed by atoms with Gasteiger partial charge < -0.3 is 28.8 Å². The first kappa shape index (κ1) is 16.4. The lowest BCUT2D eigenvalue weighted by Gasteiger charge is -2.53. The van der Waals surface area contributed by atoms with E-state index in [4.69, 9.17) is 18.9 Å². The number of esters is 1. The summed E-state index contributed by atoms with van der Waals surface area (Å²) in [6.45, 7) is 3.37. The third kappa shape index (κ3) is 2.60. The summed E-state index contributed by atoms with van der Waals surface area (Å²) in [5.74, 6) is -2.84. The Balaban J connectivity index is 2.30. The molecule has 7 nitrogen and oxygen atoms in total. The lowest BCUT2D eigenvalue weighted by Crippen LogP contribution is -2.67. The molecular weight excluding hydrogens is 280 g/mol. The molecule has 0 bridgehead atoms. The molecule has 0 saturated carbocycles. The highest BCUT2D eigenvalue weighted by Crippen LogP contribution is 2.43. The zero-order valence-corrected chi connectivity index (χ0v) is 12.9. The lowest BCUT2D eigenvalue weighted by molar-refractivity contribution is -0.453. The minimum absolute atomic E-state index is 0.271. The first-order valence-corrected chi connectivity index (χ1v) is 6.73. The molecule has 7 heteroatoms. The number of aliphatic hydroxyl groups is 1. The molecule has 1 N–H and O–H groups in total. The van der Waals surface area contributed by atoms with E-state index in [1.54, 1.807) is 13.8 Å². The second-order valence-electron chi connectivity index (χ2n) is 5.42. The molecule has 0 amide bonds. The predicted molar refractivity (Wildman–Crippen MR) is 71.3 cm³/mol. The van der Waals surface area contributed by atoms with E-state index >= 15 is 0 Å².